The second kappa shape index (κ2) is 7.47. The lowest BCUT2D eigenvalue weighted by Crippen LogP contribution is -2.17. The van der Waals surface area contributed by atoms with Crippen LogP contribution in [0.15, 0.2) is 30.3 Å². The molecule has 0 fully saturated rings. The van der Waals surface area contributed by atoms with Gasteiger partial charge in [0, 0.05) is 12.7 Å². The van der Waals surface area contributed by atoms with Crippen LogP contribution in [0.5, 0.6) is 0 Å². The molecule has 0 aliphatic rings. The van der Waals surface area contributed by atoms with Crippen molar-refractivity contribution < 1.29 is 24.6 Å². The number of anilines is 2. The fourth-order valence-electron chi connectivity index (χ4n) is 2.64. The maximum Gasteiger partial charge on any atom is 0.437 e. The first-order valence-corrected chi connectivity index (χ1v) is 7.25. The fourth-order valence-corrected chi connectivity index (χ4v) is 2.64. The molecule has 0 radical (unpaired) electrons. The van der Waals surface area contributed by atoms with E-state index in [1.807, 2.05) is 0 Å². The first-order valence-electron chi connectivity index (χ1n) is 7.25. The van der Waals surface area contributed by atoms with Crippen LogP contribution in [-0.4, -0.2) is 31.7 Å². The molecule has 2 aromatic carbocycles. The predicted octanol–water partition coefficient (Wildman–Crippen LogP) is 3.00. The number of nitrogens with zero attached hydrogens (tertiary/aromatic N) is 6. The number of hydrogen-bond donors (Lipinski definition) is 0. The summed E-state index contributed by atoms with van der Waals surface area (Å²) in [4.78, 5) is 50.4. The molecule has 0 heterocycles. The molecule has 16 nitrogen and oxygen atoms in total. The summed E-state index contributed by atoms with van der Waals surface area (Å²) in [5.41, 5.74) is -9.98. The highest BCUT2D eigenvalue weighted by atomic mass is 16.7. The van der Waals surface area contributed by atoms with Crippen molar-refractivity contribution in [1.29, 1.82) is 0 Å². The SMILES string of the molecule is CN(c1ccccc1)c1c([N+](=O)[O-])c([N+](=O)[O-])c([N+](=O)[O-])c([N+](=O)[O-])c1[N+](=O)[O-]. The molecule has 29 heavy (non-hydrogen) atoms. The Hall–Kier alpha value is -4.76. The van der Waals surface area contributed by atoms with Gasteiger partial charge in [0.15, 0.2) is 0 Å². The van der Waals surface area contributed by atoms with E-state index in [4.69, 9.17) is 0 Å². The third kappa shape index (κ3) is 3.44. The topological polar surface area (TPSA) is 219 Å². The van der Waals surface area contributed by atoms with Crippen molar-refractivity contribution in [3.63, 3.8) is 0 Å². The molecule has 0 saturated heterocycles. The normalized spacial score (nSPS) is 10.2. The standard InChI is InChI=1S/C13H8N6O10/c1-14(7-5-3-2-4-6-7)8-9(15(20)21)11(17(24)25)13(19(28)29)12(18(26)27)10(8)16(22)23/h2-6H,1H3. The van der Waals surface area contributed by atoms with Crippen LogP contribution in [0.1, 0.15) is 0 Å². The second-order valence-electron chi connectivity index (χ2n) is 5.27. The molecule has 0 aromatic heterocycles. The number of para-hydroxylation sites is 1. The molecule has 0 saturated carbocycles. The molecule has 150 valence electrons. The smallest absolute Gasteiger partial charge is 0.333 e. The summed E-state index contributed by atoms with van der Waals surface area (Å²) in [5.74, 6) is 0. The van der Waals surface area contributed by atoms with Crippen molar-refractivity contribution >= 4 is 39.8 Å². The lowest BCUT2D eigenvalue weighted by molar-refractivity contribution is -0.459. The number of hydrogen-bond acceptors (Lipinski definition) is 11. The highest BCUT2D eigenvalue weighted by molar-refractivity contribution is 5.96. The number of rotatable bonds is 7. The average Bonchev–Trinajstić information content (AvgIpc) is 2.64. The third-order valence-electron chi connectivity index (χ3n) is 3.74. The molecule has 0 amide bonds. The van der Waals surface area contributed by atoms with E-state index in [0.29, 0.717) is 0 Å². The Morgan fingerprint density at radius 2 is 0.897 bits per heavy atom. The molecule has 0 spiro atoms. The van der Waals surface area contributed by atoms with Crippen LogP contribution in [0, 0.1) is 50.6 Å². The van der Waals surface area contributed by atoms with Crippen LogP contribution in [-0.2, 0) is 0 Å². The number of nitro groups is 5. The monoisotopic (exact) mass is 408 g/mol. The van der Waals surface area contributed by atoms with Crippen molar-refractivity contribution in [2.24, 2.45) is 0 Å². The molecular formula is C13H8N6O10. The van der Waals surface area contributed by atoms with Crippen LogP contribution in [0.4, 0.5) is 39.8 Å². The minimum atomic E-state index is -1.95. The van der Waals surface area contributed by atoms with E-state index in [0.717, 1.165) is 11.9 Å². The zero-order valence-corrected chi connectivity index (χ0v) is 14.2. The van der Waals surface area contributed by atoms with Gasteiger partial charge in [-0.05, 0) is 12.1 Å². The minimum absolute atomic E-state index is 0.0381. The number of nitro benzene ring substituents is 5. The van der Waals surface area contributed by atoms with Gasteiger partial charge in [-0.25, -0.2) is 0 Å². The molecule has 2 aromatic rings. The molecule has 0 aliphatic carbocycles. The summed E-state index contributed by atoms with van der Waals surface area (Å²) in [5, 5.41) is 57.2. The van der Waals surface area contributed by atoms with Gasteiger partial charge in [0.05, 0.1) is 24.6 Å². The van der Waals surface area contributed by atoms with Crippen molar-refractivity contribution in [3.8, 4) is 0 Å². The molecule has 0 atom stereocenters. The Bertz CT molecular complexity index is 1020. The van der Waals surface area contributed by atoms with E-state index < -0.39 is 58.7 Å². The third-order valence-corrected chi connectivity index (χ3v) is 3.74. The second-order valence-corrected chi connectivity index (χ2v) is 5.27. The van der Waals surface area contributed by atoms with Crippen LogP contribution < -0.4 is 4.90 Å². The van der Waals surface area contributed by atoms with E-state index in [-0.39, 0.29) is 5.69 Å². The summed E-state index contributed by atoms with van der Waals surface area (Å²) in [6.45, 7) is 0. The summed E-state index contributed by atoms with van der Waals surface area (Å²) in [6, 6.07) is 7.01. The van der Waals surface area contributed by atoms with Crippen molar-refractivity contribution in [1.82, 2.24) is 0 Å². The summed E-state index contributed by atoms with van der Waals surface area (Å²) in [7, 11) is 1.03. The summed E-state index contributed by atoms with van der Waals surface area (Å²) >= 11 is 0. The lowest BCUT2D eigenvalue weighted by atomic mass is 10.1. The Balaban J connectivity index is 3.23. The Kier molecular flexibility index (Phi) is 5.29. The molecular weight excluding hydrogens is 400 g/mol. The Morgan fingerprint density at radius 3 is 1.21 bits per heavy atom. The van der Waals surface area contributed by atoms with Gasteiger partial charge in [0.1, 0.15) is 0 Å². The van der Waals surface area contributed by atoms with E-state index in [1.54, 1.807) is 0 Å². The molecule has 0 bridgehead atoms. The molecule has 0 unspecified atom stereocenters. The van der Waals surface area contributed by atoms with E-state index in [1.165, 1.54) is 30.3 Å². The molecule has 0 aliphatic heterocycles. The lowest BCUT2D eigenvalue weighted by Gasteiger charge is -2.18. The molecule has 0 N–H and O–H groups in total. The summed E-state index contributed by atoms with van der Waals surface area (Å²) < 4.78 is 0. The zero-order chi connectivity index (χ0) is 22.0. The van der Waals surface area contributed by atoms with Crippen LogP contribution in [0.2, 0.25) is 0 Å². The van der Waals surface area contributed by atoms with Gasteiger partial charge in [0.2, 0.25) is 5.69 Å². The van der Waals surface area contributed by atoms with Gasteiger partial charge >= 0.3 is 28.4 Å². The quantitative estimate of drug-likeness (QED) is 0.478. The van der Waals surface area contributed by atoms with Gasteiger partial charge < -0.3 is 4.90 Å². The highest BCUT2D eigenvalue weighted by Crippen LogP contribution is 2.56. The van der Waals surface area contributed by atoms with Gasteiger partial charge in [-0.3, -0.25) is 50.6 Å². The van der Waals surface area contributed by atoms with E-state index in [2.05, 4.69) is 0 Å². The highest BCUT2D eigenvalue weighted by Gasteiger charge is 2.55. The number of benzene rings is 2. The Labute approximate surface area is 158 Å². The molecule has 2 rings (SSSR count). The van der Waals surface area contributed by atoms with Crippen LogP contribution in [0.25, 0.3) is 0 Å². The Morgan fingerprint density at radius 1 is 0.586 bits per heavy atom. The van der Waals surface area contributed by atoms with Gasteiger partial charge in [-0.2, -0.15) is 0 Å². The van der Waals surface area contributed by atoms with Crippen molar-refractivity contribution in [2.45, 2.75) is 0 Å². The van der Waals surface area contributed by atoms with Crippen molar-refractivity contribution in [2.75, 3.05) is 11.9 Å². The maximum absolute atomic E-state index is 11.6. The van der Waals surface area contributed by atoms with Gasteiger partial charge in [-0.15, -0.1) is 0 Å². The van der Waals surface area contributed by atoms with E-state index >= 15 is 0 Å². The predicted molar refractivity (Wildman–Crippen MR) is 94.2 cm³/mol. The van der Waals surface area contributed by atoms with Crippen LogP contribution in [0.3, 0.4) is 0 Å². The summed E-state index contributed by atoms with van der Waals surface area (Å²) in [6.07, 6.45) is 0. The first-order chi connectivity index (χ1) is 13.5. The fraction of sp³-hybridized carbons (Fsp3) is 0.0769. The first kappa shape index (κ1) is 20.6. The largest absolute Gasteiger partial charge is 0.437 e. The van der Waals surface area contributed by atoms with Crippen molar-refractivity contribution in [3.05, 3.63) is 80.9 Å². The molecule has 16 heteroatoms. The zero-order valence-electron chi connectivity index (χ0n) is 14.2. The maximum atomic E-state index is 11.6. The minimum Gasteiger partial charge on any atom is -0.333 e. The average molecular weight is 408 g/mol. The van der Waals surface area contributed by atoms with E-state index in [9.17, 15) is 50.6 Å². The van der Waals surface area contributed by atoms with Crippen LogP contribution >= 0.6 is 0 Å². The van der Waals surface area contributed by atoms with Gasteiger partial charge in [0.25, 0.3) is 0 Å². The van der Waals surface area contributed by atoms with Gasteiger partial charge in [-0.1, -0.05) is 18.2 Å².